The topological polar surface area (TPSA) is 99.7 Å². The van der Waals surface area contributed by atoms with Crippen LogP contribution in [0, 0.1) is 5.92 Å². The van der Waals surface area contributed by atoms with Crippen LogP contribution in [0.15, 0.2) is 16.6 Å². The highest BCUT2D eigenvalue weighted by Gasteiger charge is 2.17. The molecule has 0 aliphatic carbocycles. The van der Waals surface area contributed by atoms with Crippen molar-refractivity contribution in [1.29, 1.82) is 0 Å². The van der Waals surface area contributed by atoms with E-state index in [0.717, 1.165) is 22.1 Å². The number of carbonyl (C=O) groups is 2. The zero-order valence-corrected chi connectivity index (χ0v) is 18.9. The van der Waals surface area contributed by atoms with Crippen molar-refractivity contribution in [2.24, 2.45) is 5.92 Å². The number of hydrogen-bond acceptors (Lipinski definition) is 5. The summed E-state index contributed by atoms with van der Waals surface area (Å²) in [5.74, 6) is 0.205. The number of amides is 2. The van der Waals surface area contributed by atoms with E-state index in [4.69, 9.17) is 4.74 Å². The van der Waals surface area contributed by atoms with Crippen molar-refractivity contribution >= 4 is 39.3 Å². The number of ether oxygens (including phenoxy) is 1. The van der Waals surface area contributed by atoms with Gasteiger partial charge in [-0.15, -0.1) is 0 Å². The van der Waals surface area contributed by atoms with E-state index < -0.39 is 11.7 Å². The Kier molecular flexibility index (Phi) is 9.75. The molecule has 0 aliphatic heterocycles. The number of benzene rings is 1. The third-order valence-electron chi connectivity index (χ3n) is 3.58. The quantitative estimate of drug-likeness (QED) is 0.450. The van der Waals surface area contributed by atoms with Gasteiger partial charge in [-0.3, -0.25) is 4.79 Å². The second kappa shape index (κ2) is 11.3. The van der Waals surface area contributed by atoms with Crippen molar-refractivity contribution in [2.75, 3.05) is 30.3 Å². The molecule has 0 spiro atoms. The van der Waals surface area contributed by atoms with E-state index in [1.165, 1.54) is 0 Å². The molecule has 8 heteroatoms. The first-order chi connectivity index (χ1) is 13.0. The summed E-state index contributed by atoms with van der Waals surface area (Å²) in [5, 5.41) is 17.8. The van der Waals surface area contributed by atoms with Crippen LogP contribution in [0.2, 0.25) is 0 Å². The van der Waals surface area contributed by atoms with Gasteiger partial charge in [0.1, 0.15) is 5.60 Å². The minimum absolute atomic E-state index is 0.0131. The van der Waals surface area contributed by atoms with Gasteiger partial charge in [0.2, 0.25) is 5.91 Å². The van der Waals surface area contributed by atoms with Gasteiger partial charge in [-0.05, 0) is 50.8 Å². The molecule has 0 saturated heterocycles. The molecule has 2 amide bonds. The Morgan fingerprint density at radius 3 is 2.46 bits per heavy atom. The second-order valence-corrected chi connectivity index (χ2v) is 8.78. The fourth-order valence-corrected chi connectivity index (χ4v) is 3.01. The van der Waals surface area contributed by atoms with Gasteiger partial charge in [0.25, 0.3) is 0 Å². The summed E-state index contributed by atoms with van der Waals surface area (Å²) >= 11 is 3.57. The van der Waals surface area contributed by atoms with Gasteiger partial charge >= 0.3 is 6.09 Å². The molecule has 1 aromatic carbocycles. The van der Waals surface area contributed by atoms with Crippen LogP contribution in [-0.4, -0.2) is 42.4 Å². The lowest BCUT2D eigenvalue weighted by Gasteiger charge is -2.20. The molecule has 0 unspecified atom stereocenters. The van der Waals surface area contributed by atoms with Crippen LogP contribution in [0.25, 0.3) is 0 Å². The van der Waals surface area contributed by atoms with E-state index in [1.807, 2.05) is 12.1 Å². The van der Waals surface area contributed by atoms with Gasteiger partial charge in [-0.2, -0.15) is 0 Å². The maximum Gasteiger partial charge on any atom is 0.407 e. The van der Waals surface area contributed by atoms with Crippen molar-refractivity contribution in [1.82, 2.24) is 5.32 Å². The molecule has 1 aromatic rings. The van der Waals surface area contributed by atoms with E-state index in [0.29, 0.717) is 18.2 Å². The normalized spacial score (nSPS) is 11.3. The Balaban J connectivity index is 2.78. The van der Waals surface area contributed by atoms with Gasteiger partial charge in [-0.25, -0.2) is 4.79 Å². The fraction of sp³-hybridized carbons (Fsp3) is 0.600. The van der Waals surface area contributed by atoms with E-state index >= 15 is 0 Å². The number of aliphatic hydroxyl groups excluding tert-OH is 1. The van der Waals surface area contributed by atoms with E-state index in [-0.39, 0.29) is 25.5 Å². The number of anilines is 2. The van der Waals surface area contributed by atoms with Crippen LogP contribution in [0.3, 0.4) is 0 Å². The molecule has 28 heavy (non-hydrogen) atoms. The minimum atomic E-state index is -0.580. The fourth-order valence-electron chi connectivity index (χ4n) is 2.52. The summed E-state index contributed by atoms with van der Waals surface area (Å²) in [4.78, 5) is 24.0. The second-order valence-electron chi connectivity index (χ2n) is 7.92. The molecule has 0 saturated carbocycles. The van der Waals surface area contributed by atoms with Crippen molar-refractivity contribution in [3.05, 3.63) is 22.2 Å². The largest absolute Gasteiger partial charge is 0.444 e. The summed E-state index contributed by atoms with van der Waals surface area (Å²) in [6, 6.07) is 3.71. The molecule has 0 fully saturated rings. The van der Waals surface area contributed by atoms with Crippen LogP contribution >= 0.6 is 15.9 Å². The molecule has 158 valence electrons. The lowest BCUT2D eigenvalue weighted by atomic mass is 10.00. The summed E-state index contributed by atoms with van der Waals surface area (Å²) in [6.45, 7) is 10.1. The van der Waals surface area contributed by atoms with Gasteiger partial charge in [-0.1, -0.05) is 29.8 Å². The van der Waals surface area contributed by atoms with Gasteiger partial charge in [0.05, 0.1) is 18.0 Å². The van der Waals surface area contributed by atoms with E-state index in [9.17, 15) is 14.7 Å². The van der Waals surface area contributed by atoms with Crippen molar-refractivity contribution in [3.63, 3.8) is 0 Å². The Bertz CT molecular complexity index is 672. The summed E-state index contributed by atoms with van der Waals surface area (Å²) in [5.41, 5.74) is 1.91. The van der Waals surface area contributed by atoms with Crippen LogP contribution in [0.5, 0.6) is 0 Å². The number of nitrogens with one attached hydrogen (secondary N) is 3. The zero-order chi connectivity index (χ0) is 21.3. The molecule has 0 aliphatic rings. The minimum Gasteiger partial charge on any atom is -0.444 e. The maximum atomic E-state index is 12.3. The van der Waals surface area contributed by atoms with Gasteiger partial charge < -0.3 is 25.8 Å². The SMILES string of the molecule is CC(C)Cc1c(Br)ccc(NC(=O)CCNC(=O)OC(C)(C)C)c1NCCO. The first-order valence-corrected chi connectivity index (χ1v) is 10.3. The lowest BCUT2D eigenvalue weighted by molar-refractivity contribution is -0.116. The monoisotopic (exact) mass is 457 g/mol. The number of hydrogen-bond donors (Lipinski definition) is 4. The maximum absolute atomic E-state index is 12.3. The number of halogens is 1. The molecule has 0 atom stereocenters. The molecule has 0 radical (unpaired) electrons. The van der Waals surface area contributed by atoms with Gasteiger partial charge in [0.15, 0.2) is 0 Å². The van der Waals surface area contributed by atoms with Crippen LogP contribution in [-0.2, 0) is 16.0 Å². The average molecular weight is 458 g/mol. The molecule has 1 rings (SSSR count). The Morgan fingerprint density at radius 2 is 1.89 bits per heavy atom. The van der Waals surface area contributed by atoms with Crippen molar-refractivity contribution in [3.8, 4) is 0 Å². The average Bonchev–Trinajstić information content (AvgIpc) is 2.55. The molecule has 4 N–H and O–H groups in total. The third kappa shape index (κ3) is 8.93. The highest BCUT2D eigenvalue weighted by atomic mass is 79.9. The first-order valence-electron chi connectivity index (χ1n) is 9.46. The lowest BCUT2D eigenvalue weighted by Crippen LogP contribution is -2.34. The van der Waals surface area contributed by atoms with Crippen molar-refractivity contribution < 1.29 is 19.4 Å². The number of aliphatic hydroxyl groups is 1. The van der Waals surface area contributed by atoms with Crippen LogP contribution in [0.1, 0.15) is 46.6 Å². The van der Waals surface area contributed by atoms with E-state index in [1.54, 1.807) is 20.8 Å². The Labute approximate surface area is 175 Å². The van der Waals surface area contributed by atoms with Crippen LogP contribution in [0.4, 0.5) is 16.2 Å². The molecular weight excluding hydrogens is 426 g/mol. The predicted molar refractivity (Wildman–Crippen MR) is 116 cm³/mol. The third-order valence-corrected chi connectivity index (χ3v) is 4.32. The molecule has 0 bridgehead atoms. The molecule has 7 nitrogen and oxygen atoms in total. The van der Waals surface area contributed by atoms with Crippen molar-refractivity contribution in [2.45, 2.75) is 53.1 Å². The summed E-state index contributed by atoms with van der Waals surface area (Å²) < 4.78 is 6.10. The highest BCUT2D eigenvalue weighted by Crippen LogP contribution is 2.34. The smallest absolute Gasteiger partial charge is 0.407 e. The number of rotatable bonds is 9. The zero-order valence-electron chi connectivity index (χ0n) is 17.3. The van der Waals surface area contributed by atoms with Gasteiger partial charge in [0, 0.05) is 24.0 Å². The van der Waals surface area contributed by atoms with Crippen LogP contribution < -0.4 is 16.0 Å². The Morgan fingerprint density at radius 1 is 1.21 bits per heavy atom. The standard InChI is InChI=1S/C20H32BrN3O4/c1-13(2)12-14-15(21)6-7-16(18(14)22-10-11-25)24-17(26)8-9-23-19(27)28-20(3,4)5/h6-7,13,22,25H,8-12H2,1-5H3,(H,23,27)(H,24,26). The first kappa shape index (κ1) is 24.2. The predicted octanol–water partition coefficient (Wildman–Crippen LogP) is 3.91. The van der Waals surface area contributed by atoms with E-state index in [2.05, 4.69) is 45.7 Å². The molecule has 0 heterocycles. The summed E-state index contributed by atoms with van der Waals surface area (Å²) in [6.07, 6.45) is 0.389. The molecule has 0 aromatic heterocycles. The highest BCUT2D eigenvalue weighted by molar-refractivity contribution is 9.10. The number of alkyl carbamates (subject to hydrolysis) is 1. The summed E-state index contributed by atoms with van der Waals surface area (Å²) in [7, 11) is 0. The molecular formula is C20H32BrN3O4. The number of carbonyl (C=O) groups excluding carboxylic acids is 2. The Hall–Kier alpha value is -1.80.